The van der Waals surface area contributed by atoms with Crippen LogP contribution >= 0.6 is 0 Å². The second kappa shape index (κ2) is 3.16. The Bertz CT molecular complexity index is 304. The average Bonchev–Trinajstić information content (AvgIpc) is 2.52. The standard InChI is InChI=1S/C8H11FN4/c9-6-2-4-13(5-6)7-1-3-11-8(10)12-7/h1,3,6H,2,4-5H2,(H2,10,11,12). The summed E-state index contributed by atoms with van der Waals surface area (Å²) < 4.78 is 12.8. The number of rotatable bonds is 1. The van der Waals surface area contributed by atoms with Crippen molar-refractivity contribution in [3.05, 3.63) is 12.3 Å². The third-order valence-corrected chi connectivity index (χ3v) is 2.11. The maximum absolute atomic E-state index is 12.8. The lowest BCUT2D eigenvalue weighted by atomic mass is 10.3. The van der Waals surface area contributed by atoms with Gasteiger partial charge in [-0.25, -0.2) is 9.37 Å². The van der Waals surface area contributed by atoms with Gasteiger partial charge in [0.2, 0.25) is 5.95 Å². The first kappa shape index (κ1) is 8.22. The molecule has 2 rings (SSSR count). The van der Waals surface area contributed by atoms with E-state index < -0.39 is 6.17 Å². The Hall–Kier alpha value is -1.39. The van der Waals surface area contributed by atoms with E-state index in [1.807, 2.05) is 4.90 Å². The van der Waals surface area contributed by atoms with E-state index in [4.69, 9.17) is 5.73 Å². The number of hydrogen-bond donors (Lipinski definition) is 1. The van der Waals surface area contributed by atoms with Gasteiger partial charge in [0.15, 0.2) is 0 Å². The second-order valence-corrected chi connectivity index (χ2v) is 3.11. The smallest absolute Gasteiger partial charge is 0.221 e. The number of anilines is 2. The summed E-state index contributed by atoms with van der Waals surface area (Å²) in [5.74, 6) is 0.951. The first-order valence-electron chi connectivity index (χ1n) is 4.23. The summed E-state index contributed by atoms with van der Waals surface area (Å²) in [6, 6.07) is 1.74. The number of hydrogen-bond acceptors (Lipinski definition) is 4. The molecule has 0 radical (unpaired) electrons. The molecule has 2 N–H and O–H groups in total. The van der Waals surface area contributed by atoms with E-state index in [-0.39, 0.29) is 5.95 Å². The van der Waals surface area contributed by atoms with Crippen LogP contribution in [-0.4, -0.2) is 29.2 Å². The molecule has 1 aliphatic rings. The SMILES string of the molecule is Nc1nccc(N2CCC(F)C2)n1. The predicted molar refractivity (Wildman–Crippen MR) is 48.2 cm³/mol. The highest BCUT2D eigenvalue weighted by atomic mass is 19.1. The molecule has 1 aromatic heterocycles. The van der Waals surface area contributed by atoms with Gasteiger partial charge < -0.3 is 10.6 Å². The predicted octanol–water partition coefficient (Wildman–Crippen LogP) is 0.607. The van der Waals surface area contributed by atoms with Crippen LogP contribution in [0, 0.1) is 0 Å². The number of halogens is 1. The van der Waals surface area contributed by atoms with E-state index in [9.17, 15) is 4.39 Å². The quantitative estimate of drug-likeness (QED) is 0.691. The average molecular weight is 182 g/mol. The fraction of sp³-hybridized carbons (Fsp3) is 0.500. The third kappa shape index (κ3) is 1.68. The van der Waals surface area contributed by atoms with E-state index in [1.165, 1.54) is 0 Å². The Kier molecular flexibility index (Phi) is 2.00. The molecule has 0 bridgehead atoms. The van der Waals surface area contributed by atoms with E-state index >= 15 is 0 Å². The molecule has 1 aromatic rings. The maximum atomic E-state index is 12.8. The topological polar surface area (TPSA) is 55.0 Å². The van der Waals surface area contributed by atoms with Gasteiger partial charge in [0.1, 0.15) is 12.0 Å². The van der Waals surface area contributed by atoms with Crippen molar-refractivity contribution in [3.8, 4) is 0 Å². The molecule has 5 heteroatoms. The lowest BCUT2D eigenvalue weighted by Crippen LogP contribution is -2.21. The summed E-state index contributed by atoms with van der Waals surface area (Å²) in [5.41, 5.74) is 5.42. The Morgan fingerprint density at radius 2 is 2.46 bits per heavy atom. The van der Waals surface area contributed by atoms with Crippen LogP contribution in [0.1, 0.15) is 6.42 Å². The minimum atomic E-state index is -0.740. The van der Waals surface area contributed by atoms with Crippen LogP contribution in [0.25, 0.3) is 0 Å². The van der Waals surface area contributed by atoms with Gasteiger partial charge in [0, 0.05) is 12.7 Å². The van der Waals surface area contributed by atoms with Gasteiger partial charge >= 0.3 is 0 Å². The molecule has 1 atom stereocenters. The van der Waals surface area contributed by atoms with Gasteiger partial charge in [-0.3, -0.25) is 0 Å². The highest BCUT2D eigenvalue weighted by Gasteiger charge is 2.22. The van der Waals surface area contributed by atoms with Crippen molar-refractivity contribution in [3.63, 3.8) is 0 Å². The Morgan fingerprint density at radius 1 is 1.62 bits per heavy atom. The molecule has 1 unspecified atom stereocenters. The number of nitrogen functional groups attached to an aromatic ring is 1. The number of nitrogens with zero attached hydrogens (tertiary/aromatic N) is 3. The molecule has 0 amide bonds. The normalized spacial score (nSPS) is 22.2. The first-order chi connectivity index (χ1) is 6.25. The largest absolute Gasteiger partial charge is 0.368 e. The van der Waals surface area contributed by atoms with Gasteiger partial charge in [-0.2, -0.15) is 4.98 Å². The number of aromatic nitrogens is 2. The van der Waals surface area contributed by atoms with E-state index in [2.05, 4.69) is 9.97 Å². The van der Waals surface area contributed by atoms with Crippen molar-refractivity contribution >= 4 is 11.8 Å². The molecular weight excluding hydrogens is 171 g/mol. The zero-order chi connectivity index (χ0) is 9.26. The molecule has 0 aromatic carbocycles. The summed E-state index contributed by atoms with van der Waals surface area (Å²) in [6.07, 6.45) is 1.42. The summed E-state index contributed by atoms with van der Waals surface area (Å²) in [4.78, 5) is 9.67. The molecule has 1 saturated heterocycles. The van der Waals surface area contributed by atoms with Crippen LogP contribution in [0.3, 0.4) is 0 Å². The highest BCUT2D eigenvalue weighted by molar-refractivity contribution is 5.42. The lowest BCUT2D eigenvalue weighted by molar-refractivity contribution is 0.364. The Labute approximate surface area is 75.6 Å². The van der Waals surface area contributed by atoms with E-state index in [0.717, 1.165) is 0 Å². The van der Waals surface area contributed by atoms with Gasteiger partial charge in [0.25, 0.3) is 0 Å². The molecule has 0 aliphatic carbocycles. The monoisotopic (exact) mass is 182 g/mol. The van der Waals surface area contributed by atoms with Gasteiger partial charge in [-0.1, -0.05) is 0 Å². The maximum Gasteiger partial charge on any atom is 0.221 e. The molecule has 0 saturated carbocycles. The highest BCUT2D eigenvalue weighted by Crippen LogP contribution is 2.19. The summed E-state index contributed by atoms with van der Waals surface area (Å²) in [5, 5.41) is 0. The molecule has 4 nitrogen and oxygen atoms in total. The molecule has 2 heterocycles. The van der Waals surface area contributed by atoms with Crippen LogP contribution < -0.4 is 10.6 Å². The molecule has 1 aliphatic heterocycles. The summed E-state index contributed by atoms with van der Waals surface area (Å²) in [7, 11) is 0. The fourth-order valence-corrected chi connectivity index (χ4v) is 1.47. The summed E-state index contributed by atoms with van der Waals surface area (Å²) >= 11 is 0. The van der Waals surface area contributed by atoms with Crippen LogP contribution in [0.5, 0.6) is 0 Å². The van der Waals surface area contributed by atoms with Crippen molar-refractivity contribution in [1.82, 2.24) is 9.97 Å². The van der Waals surface area contributed by atoms with Crippen LogP contribution in [-0.2, 0) is 0 Å². The van der Waals surface area contributed by atoms with E-state index in [1.54, 1.807) is 12.3 Å². The van der Waals surface area contributed by atoms with Crippen molar-refractivity contribution in [2.45, 2.75) is 12.6 Å². The van der Waals surface area contributed by atoms with Gasteiger partial charge in [0.05, 0.1) is 6.54 Å². The molecule has 13 heavy (non-hydrogen) atoms. The summed E-state index contributed by atoms with van der Waals surface area (Å²) in [6.45, 7) is 1.12. The van der Waals surface area contributed by atoms with Crippen molar-refractivity contribution in [1.29, 1.82) is 0 Å². The zero-order valence-electron chi connectivity index (χ0n) is 7.15. The zero-order valence-corrected chi connectivity index (χ0v) is 7.15. The lowest BCUT2D eigenvalue weighted by Gasteiger charge is -2.15. The third-order valence-electron chi connectivity index (χ3n) is 2.11. The fourth-order valence-electron chi connectivity index (χ4n) is 1.47. The van der Waals surface area contributed by atoms with Crippen LogP contribution in [0.15, 0.2) is 12.3 Å². The number of nitrogens with two attached hydrogens (primary N) is 1. The Balaban J connectivity index is 2.16. The molecule has 70 valence electrons. The first-order valence-corrected chi connectivity index (χ1v) is 4.23. The second-order valence-electron chi connectivity index (χ2n) is 3.11. The Morgan fingerprint density at radius 3 is 3.08 bits per heavy atom. The molecule has 1 fully saturated rings. The van der Waals surface area contributed by atoms with Crippen molar-refractivity contribution in [2.24, 2.45) is 0 Å². The van der Waals surface area contributed by atoms with Crippen LogP contribution in [0.2, 0.25) is 0 Å². The number of alkyl halides is 1. The van der Waals surface area contributed by atoms with Crippen molar-refractivity contribution < 1.29 is 4.39 Å². The van der Waals surface area contributed by atoms with Crippen molar-refractivity contribution in [2.75, 3.05) is 23.7 Å². The van der Waals surface area contributed by atoms with Gasteiger partial charge in [-0.15, -0.1) is 0 Å². The minimum Gasteiger partial charge on any atom is -0.368 e. The van der Waals surface area contributed by atoms with Crippen LogP contribution in [0.4, 0.5) is 16.2 Å². The minimum absolute atomic E-state index is 0.236. The molecular formula is C8H11FN4. The molecule has 0 spiro atoms. The van der Waals surface area contributed by atoms with Gasteiger partial charge in [-0.05, 0) is 12.5 Å². The van der Waals surface area contributed by atoms with E-state index in [0.29, 0.717) is 25.3 Å².